The standard InChI is InChI=1S/C15H13IN6O2S/c1-8-13(25-15(17-2)19-8)11-5-6-18-14(21-11)20-9-3-4-10(16)12(7-9)22(23)24/h3-7H,1-2H3,(H,17,19)(H,18,20,21). The fourth-order valence-corrected chi connectivity index (χ4v) is 3.57. The minimum atomic E-state index is -0.413. The maximum Gasteiger partial charge on any atom is 0.284 e. The molecule has 0 spiro atoms. The number of aromatic nitrogens is 3. The molecule has 10 heteroatoms. The number of nitro groups is 1. The highest BCUT2D eigenvalue weighted by Gasteiger charge is 2.14. The number of thiazole rings is 1. The lowest BCUT2D eigenvalue weighted by Crippen LogP contribution is -1.99. The van der Waals surface area contributed by atoms with Crippen LogP contribution in [0, 0.1) is 20.6 Å². The predicted molar refractivity (Wildman–Crippen MR) is 107 cm³/mol. The molecule has 25 heavy (non-hydrogen) atoms. The first-order valence-electron chi connectivity index (χ1n) is 7.17. The van der Waals surface area contributed by atoms with E-state index in [9.17, 15) is 10.1 Å². The SMILES string of the molecule is CNc1nc(C)c(-c2ccnc(Nc3ccc(I)c([N+](=O)[O-])c3)n2)s1. The van der Waals surface area contributed by atoms with Crippen molar-refractivity contribution in [3.05, 3.63) is 49.8 Å². The van der Waals surface area contributed by atoms with Crippen molar-refractivity contribution in [3.8, 4) is 10.6 Å². The van der Waals surface area contributed by atoms with Gasteiger partial charge in [-0.25, -0.2) is 15.0 Å². The first-order valence-corrected chi connectivity index (χ1v) is 9.07. The topological polar surface area (TPSA) is 106 Å². The molecule has 3 rings (SSSR count). The van der Waals surface area contributed by atoms with Crippen molar-refractivity contribution >= 4 is 56.4 Å². The molecule has 0 aliphatic heterocycles. The zero-order valence-corrected chi connectivity index (χ0v) is 16.3. The van der Waals surface area contributed by atoms with Gasteiger partial charge in [0.2, 0.25) is 5.95 Å². The van der Waals surface area contributed by atoms with Gasteiger partial charge in [0.25, 0.3) is 5.69 Å². The van der Waals surface area contributed by atoms with Crippen molar-refractivity contribution < 1.29 is 4.92 Å². The Balaban J connectivity index is 1.91. The molecule has 0 radical (unpaired) electrons. The fraction of sp³-hybridized carbons (Fsp3) is 0.133. The lowest BCUT2D eigenvalue weighted by Gasteiger charge is -2.06. The number of hydrogen-bond acceptors (Lipinski definition) is 8. The van der Waals surface area contributed by atoms with E-state index >= 15 is 0 Å². The zero-order valence-electron chi connectivity index (χ0n) is 13.3. The number of hydrogen-bond donors (Lipinski definition) is 2. The summed E-state index contributed by atoms with van der Waals surface area (Å²) in [4.78, 5) is 24.7. The molecule has 128 valence electrons. The van der Waals surface area contributed by atoms with Gasteiger partial charge in [-0.3, -0.25) is 10.1 Å². The van der Waals surface area contributed by atoms with Crippen molar-refractivity contribution in [3.63, 3.8) is 0 Å². The largest absolute Gasteiger partial charge is 0.365 e. The smallest absolute Gasteiger partial charge is 0.284 e. The summed E-state index contributed by atoms with van der Waals surface area (Å²) in [7, 11) is 1.82. The minimum Gasteiger partial charge on any atom is -0.365 e. The Morgan fingerprint density at radius 3 is 2.76 bits per heavy atom. The Morgan fingerprint density at radius 1 is 1.28 bits per heavy atom. The first-order chi connectivity index (χ1) is 12.0. The Bertz CT molecular complexity index is 946. The molecule has 0 atom stereocenters. The van der Waals surface area contributed by atoms with Crippen LogP contribution in [0.25, 0.3) is 10.6 Å². The van der Waals surface area contributed by atoms with Crippen LogP contribution in [0.3, 0.4) is 0 Å². The lowest BCUT2D eigenvalue weighted by molar-refractivity contribution is -0.385. The molecule has 0 aliphatic carbocycles. The average molecular weight is 468 g/mol. The molecule has 0 aliphatic rings. The van der Waals surface area contributed by atoms with Gasteiger partial charge in [-0.15, -0.1) is 0 Å². The van der Waals surface area contributed by atoms with E-state index in [0.717, 1.165) is 21.4 Å². The van der Waals surface area contributed by atoms with E-state index in [1.165, 1.54) is 17.4 Å². The van der Waals surface area contributed by atoms with Gasteiger partial charge in [-0.1, -0.05) is 11.3 Å². The van der Waals surface area contributed by atoms with Gasteiger partial charge >= 0.3 is 0 Å². The molecular weight excluding hydrogens is 455 g/mol. The van der Waals surface area contributed by atoms with Crippen molar-refractivity contribution in [1.82, 2.24) is 15.0 Å². The van der Waals surface area contributed by atoms with Gasteiger partial charge in [0.15, 0.2) is 5.13 Å². The van der Waals surface area contributed by atoms with E-state index in [1.54, 1.807) is 18.3 Å². The van der Waals surface area contributed by atoms with Crippen molar-refractivity contribution in [1.29, 1.82) is 0 Å². The highest BCUT2D eigenvalue weighted by Crippen LogP contribution is 2.32. The number of nitrogens with zero attached hydrogens (tertiary/aromatic N) is 4. The van der Waals surface area contributed by atoms with Gasteiger partial charge in [-0.2, -0.15) is 0 Å². The fourth-order valence-electron chi connectivity index (χ4n) is 2.15. The molecule has 2 aromatic heterocycles. The number of nitro benzene ring substituents is 1. The van der Waals surface area contributed by atoms with Gasteiger partial charge in [-0.05, 0) is 47.7 Å². The molecule has 0 saturated carbocycles. The number of nitrogens with one attached hydrogen (secondary N) is 2. The second kappa shape index (κ2) is 7.27. The van der Waals surface area contributed by atoms with Crippen LogP contribution < -0.4 is 10.6 Å². The highest BCUT2D eigenvalue weighted by atomic mass is 127. The predicted octanol–water partition coefficient (Wildman–Crippen LogP) is 4.21. The van der Waals surface area contributed by atoms with E-state index in [1.807, 2.05) is 42.6 Å². The maximum absolute atomic E-state index is 11.1. The Hall–Kier alpha value is -2.34. The van der Waals surface area contributed by atoms with E-state index in [0.29, 0.717) is 15.2 Å². The van der Waals surface area contributed by atoms with E-state index in [2.05, 4.69) is 25.6 Å². The molecule has 0 bridgehead atoms. The average Bonchev–Trinajstić information content (AvgIpc) is 2.97. The van der Waals surface area contributed by atoms with Crippen molar-refractivity contribution in [2.45, 2.75) is 6.92 Å². The van der Waals surface area contributed by atoms with E-state index in [-0.39, 0.29) is 5.69 Å². The van der Waals surface area contributed by atoms with Gasteiger partial charge in [0, 0.05) is 25.0 Å². The van der Waals surface area contributed by atoms with E-state index < -0.39 is 4.92 Å². The summed E-state index contributed by atoms with van der Waals surface area (Å²) >= 11 is 3.44. The van der Waals surface area contributed by atoms with Crippen molar-refractivity contribution in [2.24, 2.45) is 0 Å². The van der Waals surface area contributed by atoms with Crippen LogP contribution >= 0.6 is 33.9 Å². The normalized spacial score (nSPS) is 10.5. The van der Waals surface area contributed by atoms with Crippen molar-refractivity contribution in [2.75, 3.05) is 17.7 Å². The number of aryl methyl sites for hydroxylation is 1. The summed E-state index contributed by atoms with van der Waals surface area (Å²) in [6.45, 7) is 1.92. The van der Waals surface area contributed by atoms with Crippen LogP contribution in [0.2, 0.25) is 0 Å². The van der Waals surface area contributed by atoms with Gasteiger partial charge in [0.05, 0.1) is 24.8 Å². The minimum absolute atomic E-state index is 0.0405. The second-order valence-corrected chi connectivity index (χ2v) is 7.16. The molecule has 0 amide bonds. The van der Waals surface area contributed by atoms with E-state index in [4.69, 9.17) is 0 Å². The number of rotatable bonds is 5. The van der Waals surface area contributed by atoms with Crippen LogP contribution in [-0.2, 0) is 0 Å². The van der Waals surface area contributed by atoms with Gasteiger partial charge < -0.3 is 10.6 Å². The maximum atomic E-state index is 11.1. The molecule has 1 aromatic carbocycles. The molecule has 2 N–H and O–H groups in total. The number of benzene rings is 1. The number of halogens is 1. The Kier molecular flexibility index (Phi) is 5.08. The summed E-state index contributed by atoms with van der Waals surface area (Å²) in [6.07, 6.45) is 1.64. The third-order valence-corrected chi connectivity index (χ3v) is 5.41. The highest BCUT2D eigenvalue weighted by molar-refractivity contribution is 14.1. The monoisotopic (exact) mass is 468 g/mol. The molecule has 3 aromatic rings. The molecule has 0 saturated heterocycles. The summed E-state index contributed by atoms with van der Waals surface area (Å²) < 4.78 is 0.572. The third kappa shape index (κ3) is 3.85. The summed E-state index contributed by atoms with van der Waals surface area (Å²) in [5, 5.41) is 17.9. The van der Waals surface area contributed by atoms with Crippen LogP contribution in [0.4, 0.5) is 22.5 Å². The summed E-state index contributed by atoms with van der Waals surface area (Å²) in [5.74, 6) is 0.367. The van der Waals surface area contributed by atoms with Crippen LogP contribution in [0.15, 0.2) is 30.5 Å². The molecular formula is C15H13IN6O2S. The third-order valence-electron chi connectivity index (χ3n) is 3.30. The molecule has 0 fully saturated rings. The molecule has 0 unspecified atom stereocenters. The quantitative estimate of drug-likeness (QED) is 0.328. The lowest BCUT2D eigenvalue weighted by atomic mass is 10.3. The van der Waals surface area contributed by atoms with Crippen LogP contribution in [0.5, 0.6) is 0 Å². The summed E-state index contributed by atoms with van der Waals surface area (Å²) in [6, 6.07) is 6.70. The summed E-state index contributed by atoms with van der Waals surface area (Å²) in [5.41, 5.74) is 2.22. The first kappa shape index (κ1) is 17.5. The zero-order chi connectivity index (χ0) is 18.0. The Labute approximate surface area is 161 Å². The molecule has 8 nitrogen and oxygen atoms in total. The van der Waals surface area contributed by atoms with Gasteiger partial charge in [0.1, 0.15) is 0 Å². The second-order valence-electron chi connectivity index (χ2n) is 5.00. The van der Waals surface area contributed by atoms with Crippen LogP contribution in [-0.4, -0.2) is 26.9 Å². The van der Waals surface area contributed by atoms with Crippen LogP contribution in [0.1, 0.15) is 5.69 Å². The number of anilines is 3. The molecule has 2 heterocycles. The Morgan fingerprint density at radius 2 is 2.08 bits per heavy atom.